The number of aryl methyl sites for hydroxylation is 1. The zero-order valence-corrected chi connectivity index (χ0v) is 19.4. The summed E-state index contributed by atoms with van der Waals surface area (Å²) in [5.74, 6) is 0.309. The standard InChI is InChI=1S/C23H29IN2O3/c1-4-14-25-23(28)21(5-2)26(15-18-8-6-17(3)7-9-18)22(27)16-29-20-12-10-19(24)11-13-20/h6-13,21H,4-5,14-16H2,1-3H3,(H,25,28)/t21-/m1/s1. The van der Waals surface area contributed by atoms with E-state index in [1.807, 2.05) is 69.3 Å². The molecule has 1 N–H and O–H groups in total. The van der Waals surface area contributed by atoms with Crippen molar-refractivity contribution in [2.24, 2.45) is 0 Å². The van der Waals surface area contributed by atoms with Crippen LogP contribution in [0.2, 0.25) is 0 Å². The predicted octanol–water partition coefficient (Wildman–Crippen LogP) is 4.31. The van der Waals surface area contributed by atoms with Crippen molar-refractivity contribution in [2.45, 2.75) is 46.2 Å². The molecule has 0 saturated heterocycles. The first-order valence-corrected chi connectivity index (χ1v) is 11.0. The minimum absolute atomic E-state index is 0.107. The molecule has 0 radical (unpaired) electrons. The summed E-state index contributed by atoms with van der Waals surface area (Å²) in [6.07, 6.45) is 1.39. The highest BCUT2D eigenvalue weighted by atomic mass is 127. The molecule has 0 heterocycles. The van der Waals surface area contributed by atoms with Crippen molar-refractivity contribution in [1.82, 2.24) is 10.2 Å². The van der Waals surface area contributed by atoms with E-state index in [1.54, 1.807) is 4.90 Å². The maximum absolute atomic E-state index is 13.1. The van der Waals surface area contributed by atoms with Crippen LogP contribution in [0.4, 0.5) is 0 Å². The Morgan fingerprint density at radius 1 is 1.07 bits per heavy atom. The summed E-state index contributed by atoms with van der Waals surface area (Å²) >= 11 is 2.22. The highest BCUT2D eigenvalue weighted by Crippen LogP contribution is 2.16. The van der Waals surface area contributed by atoms with Gasteiger partial charge < -0.3 is 15.0 Å². The molecule has 5 nitrogen and oxygen atoms in total. The first-order chi connectivity index (χ1) is 13.9. The summed E-state index contributed by atoms with van der Waals surface area (Å²) in [7, 11) is 0. The van der Waals surface area contributed by atoms with E-state index in [4.69, 9.17) is 4.74 Å². The molecule has 2 aromatic rings. The minimum atomic E-state index is -0.532. The van der Waals surface area contributed by atoms with Gasteiger partial charge in [0.2, 0.25) is 5.91 Å². The van der Waals surface area contributed by atoms with Gasteiger partial charge in [-0.2, -0.15) is 0 Å². The van der Waals surface area contributed by atoms with Gasteiger partial charge in [0.05, 0.1) is 0 Å². The molecule has 2 amide bonds. The summed E-state index contributed by atoms with van der Waals surface area (Å²) in [6, 6.07) is 15.0. The van der Waals surface area contributed by atoms with Gasteiger partial charge in [0.25, 0.3) is 5.91 Å². The van der Waals surface area contributed by atoms with Gasteiger partial charge in [0.15, 0.2) is 6.61 Å². The second-order valence-electron chi connectivity index (χ2n) is 6.96. The summed E-state index contributed by atoms with van der Waals surface area (Å²) in [5.41, 5.74) is 2.14. The minimum Gasteiger partial charge on any atom is -0.484 e. The van der Waals surface area contributed by atoms with Crippen LogP contribution in [-0.2, 0) is 16.1 Å². The maximum atomic E-state index is 13.1. The Kier molecular flexibility index (Phi) is 9.44. The monoisotopic (exact) mass is 508 g/mol. The van der Waals surface area contributed by atoms with Crippen molar-refractivity contribution in [1.29, 1.82) is 0 Å². The first-order valence-electron chi connectivity index (χ1n) is 9.95. The van der Waals surface area contributed by atoms with Crippen molar-refractivity contribution >= 4 is 34.4 Å². The third-order valence-corrected chi connectivity index (χ3v) is 5.30. The van der Waals surface area contributed by atoms with Gasteiger partial charge in [0, 0.05) is 16.7 Å². The van der Waals surface area contributed by atoms with Crippen molar-refractivity contribution in [3.63, 3.8) is 0 Å². The lowest BCUT2D eigenvalue weighted by molar-refractivity contribution is -0.143. The molecule has 0 aromatic heterocycles. The van der Waals surface area contributed by atoms with Crippen LogP contribution >= 0.6 is 22.6 Å². The first kappa shape index (κ1) is 23.2. The van der Waals surface area contributed by atoms with E-state index < -0.39 is 6.04 Å². The lowest BCUT2D eigenvalue weighted by Crippen LogP contribution is -2.50. The van der Waals surface area contributed by atoms with Gasteiger partial charge in [-0.25, -0.2) is 0 Å². The van der Waals surface area contributed by atoms with Crippen molar-refractivity contribution in [3.8, 4) is 5.75 Å². The summed E-state index contributed by atoms with van der Waals surface area (Å²) in [6.45, 7) is 6.81. The lowest BCUT2D eigenvalue weighted by Gasteiger charge is -2.30. The number of carbonyl (C=O) groups is 2. The largest absolute Gasteiger partial charge is 0.484 e. The van der Waals surface area contributed by atoms with E-state index in [0.717, 1.165) is 21.1 Å². The Balaban J connectivity index is 2.16. The summed E-state index contributed by atoms with van der Waals surface area (Å²) < 4.78 is 6.79. The van der Waals surface area contributed by atoms with E-state index in [9.17, 15) is 9.59 Å². The molecule has 0 saturated carbocycles. The molecule has 156 valence electrons. The van der Waals surface area contributed by atoms with Gasteiger partial charge in [-0.3, -0.25) is 9.59 Å². The molecule has 2 aromatic carbocycles. The number of nitrogens with zero attached hydrogens (tertiary/aromatic N) is 1. The molecular weight excluding hydrogens is 479 g/mol. The zero-order chi connectivity index (χ0) is 21.2. The van der Waals surface area contributed by atoms with E-state index in [2.05, 4.69) is 27.9 Å². The maximum Gasteiger partial charge on any atom is 0.261 e. The number of benzene rings is 2. The molecule has 0 fully saturated rings. The SMILES string of the molecule is CCCNC(=O)[C@@H](CC)N(Cc1ccc(C)cc1)C(=O)COc1ccc(I)cc1. The number of halogens is 1. The number of nitrogens with one attached hydrogen (secondary N) is 1. The summed E-state index contributed by atoms with van der Waals surface area (Å²) in [5, 5.41) is 2.92. The fraction of sp³-hybridized carbons (Fsp3) is 0.391. The molecule has 0 bridgehead atoms. The van der Waals surface area contributed by atoms with Crippen LogP contribution in [-0.4, -0.2) is 35.9 Å². The molecule has 6 heteroatoms. The van der Waals surface area contributed by atoms with E-state index in [1.165, 1.54) is 0 Å². The third-order valence-electron chi connectivity index (χ3n) is 4.58. The van der Waals surface area contributed by atoms with Crippen LogP contribution in [0.5, 0.6) is 5.75 Å². The average Bonchev–Trinajstić information content (AvgIpc) is 2.72. The van der Waals surface area contributed by atoms with Gasteiger partial charge in [-0.05, 0) is 72.2 Å². The lowest BCUT2D eigenvalue weighted by atomic mass is 10.1. The Morgan fingerprint density at radius 3 is 2.31 bits per heavy atom. The smallest absolute Gasteiger partial charge is 0.261 e. The van der Waals surface area contributed by atoms with E-state index >= 15 is 0 Å². The zero-order valence-electron chi connectivity index (χ0n) is 17.3. The fourth-order valence-electron chi connectivity index (χ4n) is 2.93. The van der Waals surface area contributed by atoms with Crippen LogP contribution in [0.25, 0.3) is 0 Å². The number of rotatable bonds is 10. The second kappa shape index (κ2) is 11.8. The topological polar surface area (TPSA) is 58.6 Å². The van der Waals surface area contributed by atoms with Crippen LogP contribution in [0, 0.1) is 10.5 Å². The third kappa shape index (κ3) is 7.34. The van der Waals surface area contributed by atoms with Gasteiger partial charge in [-0.1, -0.05) is 43.7 Å². The number of hydrogen-bond acceptors (Lipinski definition) is 3. The second-order valence-corrected chi connectivity index (χ2v) is 8.21. The molecule has 0 aliphatic rings. The van der Waals surface area contributed by atoms with Crippen LogP contribution < -0.4 is 10.1 Å². The van der Waals surface area contributed by atoms with Gasteiger partial charge in [-0.15, -0.1) is 0 Å². The van der Waals surface area contributed by atoms with Gasteiger partial charge >= 0.3 is 0 Å². The van der Waals surface area contributed by atoms with Crippen LogP contribution in [0.15, 0.2) is 48.5 Å². The molecule has 0 aliphatic carbocycles. The van der Waals surface area contributed by atoms with Crippen LogP contribution in [0.3, 0.4) is 0 Å². The van der Waals surface area contributed by atoms with Gasteiger partial charge in [0.1, 0.15) is 11.8 Å². The normalized spacial score (nSPS) is 11.6. The molecule has 1 atom stereocenters. The van der Waals surface area contributed by atoms with Crippen molar-refractivity contribution in [3.05, 3.63) is 63.2 Å². The fourth-order valence-corrected chi connectivity index (χ4v) is 3.29. The number of carbonyl (C=O) groups excluding carboxylic acids is 2. The highest BCUT2D eigenvalue weighted by molar-refractivity contribution is 14.1. The van der Waals surface area contributed by atoms with Crippen molar-refractivity contribution in [2.75, 3.05) is 13.2 Å². The predicted molar refractivity (Wildman–Crippen MR) is 124 cm³/mol. The molecule has 0 aliphatic heterocycles. The number of amides is 2. The summed E-state index contributed by atoms with van der Waals surface area (Å²) in [4.78, 5) is 27.4. The number of hydrogen-bond donors (Lipinski definition) is 1. The average molecular weight is 508 g/mol. The Hall–Kier alpha value is -2.09. The molecule has 0 unspecified atom stereocenters. The Labute approximate surface area is 187 Å². The van der Waals surface area contributed by atoms with E-state index in [0.29, 0.717) is 25.3 Å². The Morgan fingerprint density at radius 2 is 1.72 bits per heavy atom. The van der Waals surface area contributed by atoms with Crippen LogP contribution in [0.1, 0.15) is 37.8 Å². The van der Waals surface area contributed by atoms with Crippen molar-refractivity contribution < 1.29 is 14.3 Å². The molecule has 29 heavy (non-hydrogen) atoms. The molecule has 2 rings (SSSR count). The highest BCUT2D eigenvalue weighted by Gasteiger charge is 2.28. The quantitative estimate of drug-likeness (QED) is 0.487. The Bertz CT molecular complexity index is 791. The molecular formula is C23H29IN2O3. The number of ether oxygens (including phenoxy) is 1. The van der Waals surface area contributed by atoms with E-state index in [-0.39, 0.29) is 18.4 Å². The molecule has 0 spiro atoms.